The van der Waals surface area contributed by atoms with Gasteiger partial charge >= 0.3 is 6.61 Å². The van der Waals surface area contributed by atoms with Crippen LogP contribution >= 0.6 is 11.6 Å². The fraction of sp³-hybridized carbons (Fsp3) is 0.200. The maximum atomic E-state index is 12.3. The number of rotatable bonds is 7. The van der Waals surface area contributed by atoms with Crippen molar-refractivity contribution in [2.75, 3.05) is 7.11 Å². The van der Waals surface area contributed by atoms with E-state index in [0.29, 0.717) is 10.6 Å². The number of hydrogen-bond acceptors (Lipinski definition) is 4. The third-order valence-electron chi connectivity index (χ3n) is 3.02. The first-order chi connectivity index (χ1) is 11.3. The van der Waals surface area contributed by atoms with Gasteiger partial charge in [0.25, 0.3) is 0 Å². The van der Waals surface area contributed by atoms with Crippen molar-refractivity contribution in [2.24, 2.45) is 0 Å². The van der Waals surface area contributed by atoms with Crippen LogP contribution in [-0.4, -0.2) is 22.1 Å². The van der Waals surface area contributed by atoms with Gasteiger partial charge in [-0.1, -0.05) is 23.7 Å². The molecular formula is C15H14ClF2NO4S. The second-order valence-electron chi connectivity index (χ2n) is 4.65. The van der Waals surface area contributed by atoms with Crippen LogP contribution in [0.4, 0.5) is 8.78 Å². The standard InChI is InChI=1S/C15H14ClF2NO4S/c1-22-14-7-10(5-6-13(14)23-15(17)18)9-19-24(20,21)12-4-2-3-11(16)8-12/h2-8,15,19H,9H2,1H3. The zero-order valence-corrected chi connectivity index (χ0v) is 14.1. The van der Waals surface area contributed by atoms with Gasteiger partial charge in [-0.25, -0.2) is 13.1 Å². The Hall–Kier alpha value is -1.90. The molecular weight excluding hydrogens is 364 g/mol. The molecule has 0 saturated heterocycles. The molecule has 0 aliphatic heterocycles. The Morgan fingerprint density at radius 3 is 2.54 bits per heavy atom. The van der Waals surface area contributed by atoms with Crippen molar-refractivity contribution in [3.05, 3.63) is 53.1 Å². The van der Waals surface area contributed by atoms with Gasteiger partial charge in [-0.05, 0) is 35.9 Å². The molecule has 0 saturated carbocycles. The lowest BCUT2D eigenvalue weighted by atomic mass is 10.2. The Morgan fingerprint density at radius 1 is 1.17 bits per heavy atom. The van der Waals surface area contributed by atoms with Crippen LogP contribution in [0.2, 0.25) is 5.02 Å². The van der Waals surface area contributed by atoms with E-state index in [1.807, 2.05) is 0 Å². The summed E-state index contributed by atoms with van der Waals surface area (Å²) in [6, 6.07) is 9.98. The van der Waals surface area contributed by atoms with Crippen molar-refractivity contribution in [3.8, 4) is 11.5 Å². The molecule has 0 fully saturated rings. The second kappa shape index (κ2) is 7.78. The number of hydrogen-bond donors (Lipinski definition) is 1. The van der Waals surface area contributed by atoms with Gasteiger partial charge in [0, 0.05) is 11.6 Å². The quantitative estimate of drug-likeness (QED) is 0.803. The molecule has 5 nitrogen and oxygen atoms in total. The minimum atomic E-state index is -3.76. The zero-order valence-electron chi connectivity index (χ0n) is 12.5. The van der Waals surface area contributed by atoms with Gasteiger partial charge in [-0.3, -0.25) is 0 Å². The predicted molar refractivity (Wildman–Crippen MR) is 85.1 cm³/mol. The summed E-state index contributed by atoms with van der Waals surface area (Å²) in [6.45, 7) is -3.04. The first-order valence-corrected chi connectivity index (χ1v) is 8.55. The molecule has 0 atom stereocenters. The molecule has 0 aliphatic rings. The van der Waals surface area contributed by atoms with Crippen LogP contribution in [0.3, 0.4) is 0 Å². The summed E-state index contributed by atoms with van der Waals surface area (Å²) in [5.41, 5.74) is 0.513. The van der Waals surface area contributed by atoms with E-state index < -0.39 is 16.6 Å². The Balaban J connectivity index is 2.14. The summed E-state index contributed by atoms with van der Waals surface area (Å²) in [5, 5.41) is 0.299. The molecule has 1 N–H and O–H groups in total. The first kappa shape index (κ1) is 18.4. The Bertz CT molecular complexity index is 815. The summed E-state index contributed by atoms with van der Waals surface area (Å²) in [5.74, 6) is -0.0521. The van der Waals surface area contributed by atoms with Crippen LogP contribution in [0.15, 0.2) is 47.4 Å². The average Bonchev–Trinajstić information content (AvgIpc) is 2.53. The van der Waals surface area contributed by atoms with Crippen LogP contribution in [-0.2, 0) is 16.6 Å². The second-order valence-corrected chi connectivity index (χ2v) is 6.85. The lowest BCUT2D eigenvalue weighted by Gasteiger charge is -2.12. The molecule has 0 amide bonds. The number of nitrogens with one attached hydrogen (secondary N) is 1. The maximum Gasteiger partial charge on any atom is 0.387 e. The molecule has 2 rings (SSSR count). The van der Waals surface area contributed by atoms with Crippen LogP contribution < -0.4 is 14.2 Å². The SMILES string of the molecule is COc1cc(CNS(=O)(=O)c2cccc(Cl)c2)ccc1OC(F)F. The number of benzene rings is 2. The molecule has 9 heteroatoms. The van der Waals surface area contributed by atoms with Crippen LogP contribution in [0.5, 0.6) is 11.5 Å². The summed E-state index contributed by atoms with van der Waals surface area (Å²) in [6.07, 6.45) is 0. The highest BCUT2D eigenvalue weighted by molar-refractivity contribution is 7.89. The van der Waals surface area contributed by atoms with Crippen molar-refractivity contribution >= 4 is 21.6 Å². The van der Waals surface area contributed by atoms with Crippen LogP contribution in [0.1, 0.15) is 5.56 Å². The Morgan fingerprint density at radius 2 is 1.92 bits per heavy atom. The van der Waals surface area contributed by atoms with Crippen molar-refractivity contribution in [1.82, 2.24) is 4.72 Å². The van der Waals surface area contributed by atoms with E-state index in [9.17, 15) is 17.2 Å². The van der Waals surface area contributed by atoms with E-state index in [2.05, 4.69) is 9.46 Å². The highest BCUT2D eigenvalue weighted by Crippen LogP contribution is 2.29. The fourth-order valence-corrected chi connectivity index (χ4v) is 3.23. The number of sulfonamides is 1. The van der Waals surface area contributed by atoms with E-state index in [4.69, 9.17) is 16.3 Å². The third-order valence-corrected chi connectivity index (χ3v) is 4.65. The zero-order chi connectivity index (χ0) is 17.7. The lowest BCUT2D eigenvalue weighted by Crippen LogP contribution is -2.23. The molecule has 2 aromatic carbocycles. The van der Waals surface area contributed by atoms with E-state index in [1.165, 1.54) is 43.5 Å². The Kier molecular flexibility index (Phi) is 5.98. The topological polar surface area (TPSA) is 64.6 Å². The number of methoxy groups -OCH3 is 1. The van der Waals surface area contributed by atoms with Gasteiger partial charge in [-0.2, -0.15) is 8.78 Å². The number of halogens is 3. The normalized spacial score (nSPS) is 11.5. The summed E-state index contributed by atoms with van der Waals surface area (Å²) >= 11 is 5.78. The molecule has 0 unspecified atom stereocenters. The highest BCUT2D eigenvalue weighted by Gasteiger charge is 2.15. The molecule has 2 aromatic rings. The van der Waals surface area contributed by atoms with Gasteiger partial charge in [0.05, 0.1) is 12.0 Å². The molecule has 0 radical (unpaired) electrons. The number of ether oxygens (including phenoxy) is 2. The minimum absolute atomic E-state index is 0.0274. The van der Waals surface area contributed by atoms with Crippen LogP contribution in [0.25, 0.3) is 0 Å². The smallest absolute Gasteiger partial charge is 0.387 e. The summed E-state index contributed by atoms with van der Waals surface area (Å²) < 4.78 is 60.6. The summed E-state index contributed by atoms with van der Waals surface area (Å²) in [4.78, 5) is 0.0274. The molecule has 130 valence electrons. The van der Waals surface area contributed by atoms with Gasteiger partial charge < -0.3 is 9.47 Å². The lowest BCUT2D eigenvalue weighted by molar-refractivity contribution is -0.0512. The van der Waals surface area contributed by atoms with E-state index in [0.717, 1.165) is 0 Å². The monoisotopic (exact) mass is 377 g/mol. The molecule has 0 aromatic heterocycles. The van der Waals surface area contributed by atoms with Gasteiger partial charge in [-0.15, -0.1) is 0 Å². The van der Waals surface area contributed by atoms with Crippen molar-refractivity contribution < 1.29 is 26.7 Å². The van der Waals surface area contributed by atoms with Gasteiger partial charge in [0.15, 0.2) is 11.5 Å². The van der Waals surface area contributed by atoms with Gasteiger partial charge in [0.1, 0.15) is 0 Å². The molecule has 0 aliphatic carbocycles. The minimum Gasteiger partial charge on any atom is -0.493 e. The van der Waals surface area contributed by atoms with Crippen molar-refractivity contribution in [1.29, 1.82) is 0 Å². The van der Waals surface area contributed by atoms with Gasteiger partial charge in [0.2, 0.25) is 10.0 Å². The molecule has 0 spiro atoms. The van der Waals surface area contributed by atoms with E-state index in [1.54, 1.807) is 6.07 Å². The molecule has 0 heterocycles. The van der Waals surface area contributed by atoms with Crippen LogP contribution in [0, 0.1) is 0 Å². The largest absolute Gasteiger partial charge is 0.493 e. The van der Waals surface area contributed by atoms with Crippen molar-refractivity contribution in [3.63, 3.8) is 0 Å². The predicted octanol–water partition coefficient (Wildman–Crippen LogP) is 3.43. The summed E-state index contributed by atoms with van der Waals surface area (Å²) in [7, 11) is -2.46. The molecule has 0 bridgehead atoms. The third kappa shape index (κ3) is 4.80. The first-order valence-electron chi connectivity index (χ1n) is 6.69. The Labute approximate surface area is 143 Å². The average molecular weight is 378 g/mol. The molecule has 24 heavy (non-hydrogen) atoms. The van der Waals surface area contributed by atoms with E-state index >= 15 is 0 Å². The highest BCUT2D eigenvalue weighted by atomic mass is 35.5. The van der Waals surface area contributed by atoms with E-state index in [-0.39, 0.29) is 22.9 Å². The fourth-order valence-electron chi connectivity index (χ4n) is 1.91. The number of alkyl halides is 2. The van der Waals surface area contributed by atoms with Crippen molar-refractivity contribution in [2.45, 2.75) is 18.1 Å². The maximum absolute atomic E-state index is 12.3.